The number of carbonyl (C=O) groups is 1. The first-order valence-electron chi connectivity index (χ1n) is 6.21. The van der Waals surface area contributed by atoms with Crippen LogP contribution in [0.1, 0.15) is 15.9 Å². The fourth-order valence-corrected chi connectivity index (χ4v) is 2.99. The van der Waals surface area contributed by atoms with Gasteiger partial charge in [-0.05, 0) is 36.2 Å². The summed E-state index contributed by atoms with van der Waals surface area (Å²) in [5.74, 6) is -0.676. The number of carbonyl (C=O) groups excluding carboxylic acids is 1. The first kappa shape index (κ1) is 13.1. The zero-order valence-corrected chi connectivity index (χ0v) is 12.2. The van der Waals surface area contributed by atoms with Gasteiger partial charge in [-0.2, -0.15) is 0 Å². The summed E-state index contributed by atoms with van der Waals surface area (Å²) in [5, 5.41) is 0. The predicted octanol–water partition coefficient (Wildman–Crippen LogP) is 3.37. The van der Waals surface area contributed by atoms with Crippen molar-refractivity contribution in [2.24, 2.45) is 0 Å². The number of nitrogens with zero attached hydrogens (tertiary/aromatic N) is 1. The Kier molecular flexibility index (Phi) is 3.22. The van der Waals surface area contributed by atoms with Crippen molar-refractivity contribution in [3.05, 3.63) is 57.8 Å². The second-order valence-corrected chi connectivity index (χ2v) is 5.64. The number of hydrogen-bond acceptors (Lipinski definition) is 2. The number of halogens is 2. The third kappa shape index (κ3) is 2.18. The molecule has 0 saturated carbocycles. The van der Waals surface area contributed by atoms with Crippen LogP contribution in [0.25, 0.3) is 0 Å². The Hall–Kier alpha value is -1.88. The summed E-state index contributed by atoms with van der Waals surface area (Å²) >= 11 is 3.20. The molecule has 2 aromatic rings. The maximum absolute atomic E-state index is 13.4. The minimum absolute atomic E-state index is 0.234. The molecule has 0 saturated heterocycles. The summed E-state index contributed by atoms with van der Waals surface area (Å²) < 4.78 is 14.0. The highest BCUT2D eigenvalue weighted by Gasteiger charge is 2.27. The van der Waals surface area contributed by atoms with Crippen molar-refractivity contribution in [2.75, 3.05) is 17.2 Å². The van der Waals surface area contributed by atoms with Crippen LogP contribution in [-0.2, 0) is 6.42 Å². The first-order valence-corrected chi connectivity index (χ1v) is 7.01. The molecule has 1 heterocycles. The van der Waals surface area contributed by atoms with E-state index < -0.39 is 5.82 Å². The highest BCUT2D eigenvalue weighted by Crippen LogP contribution is 2.34. The van der Waals surface area contributed by atoms with Gasteiger partial charge in [-0.1, -0.05) is 28.1 Å². The molecule has 1 aliphatic rings. The maximum atomic E-state index is 13.4. The quantitative estimate of drug-likeness (QED) is 0.812. The summed E-state index contributed by atoms with van der Waals surface area (Å²) in [5.41, 5.74) is 8.64. The lowest BCUT2D eigenvalue weighted by atomic mass is 10.1. The van der Waals surface area contributed by atoms with Crippen molar-refractivity contribution in [1.82, 2.24) is 0 Å². The highest BCUT2D eigenvalue weighted by molar-refractivity contribution is 9.10. The third-order valence-corrected chi connectivity index (χ3v) is 3.84. The van der Waals surface area contributed by atoms with Crippen molar-refractivity contribution < 1.29 is 9.18 Å². The molecular formula is C15H12BrFN2O. The second-order valence-electron chi connectivity index (χ2n) is 4.72. The highest BCUT2D eigenvalue weighted by atomic mass is 79.9. The van der Waals surface area contributed by atoms with E-state index >= 15 is 0 Å². The van der Waals surface area contributed by atoms with Crippen LogP contribution in [0.2, 0.25) is 0 Å². The Morgan fingerprint density at radius 1 is 1.30 bits per heavy atom. The van der Waals surface area contributed by atoms with Crippen molar-refractivity contribution in [1.29, 1.82) is 0 Å². The molecule has 0 radical (unpaired) electrons. The Bertz CT molecular complexity index is 682. The number of hydrogen-bond donors (Lipinski definition) is 1. The number of amides is 1. The van der Waals surface area contributed by atoms with Gasteiger partial charge in [-0.15, -0.1) is 0 Å². The van der Waals surface area contributed by atoms with Crippen LogP contribution < -0.4 is 10.6 Å². The van der Waals surface area contributed by atoms with E-state index in [0.29, 0.717) is 22.3 Å². The zero-order valence-electron chi connectivity index (χ0n) is 10.6. The van der Waals surface area contributed by atoms with Crippen LogP contribution in [0.4, 0.5) is 15.8 Å². The molecular weight excluding hydrogens is 323 g/mol. The van der Waals surface area contributed by atoms with Gasteiger partial charge in [0.15, 0.2) is 0 Å². The Balaban J connectivity index is 2.02. The Labute approximate surface area is 124 Å². The lowest BCUT2D eigenvalue weighted by molar-refractivity contribution is 0.0989. The van der Waals surface area contributed by atoms with Gasteiger partial charge < -0.3 is 10.6 Å². The molecule has 0 atom stereocenters. The van der Waals surface area contributed by atoms with E-state index in [2.05, 4.69) is 15.9 Å². The van der Waals surface area contributed by atoms with Gasteiger partial charge in [-0.25, -0.2) is 4.39 Å². The summed E-state index contributed by atoms with van der Waals surface area (Å²) in [4.78, 5) is 14.2. The zero-order chi connectivity index (χ0) is 14.3. The standard InChI is InChI=1S/C15H12BrFN2O/c16-11-6-10(7-12(17)8-11)15(20)19-5-4-9-2-1-3-13(18)14(9)19/h1-3,6-8H,4-5,18H2. The summed E-state index contributed by atoms with van der Waals surface area (Å²) in [6.07, 6.45) is 0.766. The minimum Gasteiger partial charge on any atom is -0.397 e. The fraction of sp³-hybridized carbons (Fsp3) is 0.133. The van der Waals surface area contributed by atoms with Crippen molar-refractivity contribution in [3.8, 4) is 0 Å². The lowest BCUT2D eigenvalue weighted by Crippen LogP contribution is -2.29. The average Bonchev–Trinajstić information content (AvgIpc) is 2.82. The topological polar surface area (TPSA) is 46.3 Å². The molecule has 0 spiro atoms. The molecule has 5 heteroatoms. The molecule has 102 valence electrons. The number of fused-ring (bicyclic) bond motifs is 1. The van der Waals surface area contributed by atoms with Crippen LogP contribution >= 0.6 is 15.9 Å². The Morgan fingerprint density at radius 2 is 2.10 bits per heavy atom. The maximum Gasteiger partial charge on any atom is 0.258 e. The van der Waals surface area contributed by atoms with Gasteiger partial charge in [0.1, 0.15) is 5.82 Å². The normalized spacial score (nSPS) is 13.4. The number of anilines is 2. The van der Waals surface area contributed by atoms with Crippen molar-refractivity contribution in [2.45, 2.75) is 6.42 Å². The van der Waals surface area contributed by atoms with Crippen LogP contribution in [0.15, 0.2) is 40.9 Å². The molecule has 3 rings (SSSR count). The van der Waals surface area contributed by atoms with E-state index in [1.807, 2.05) is 12.1 Å². The molecule has 20 heavy (non-hydrogen) atoms. The molecule has 2 aromatic carbocycles. The summed E-state index contributed by atoms with van der Waals surface area (Å²) in [7, 11) is 0. The largest absolute Gasteiger partial charge is 0.397 e. The fourth-order valence-electron chi connectivity index (χ4n) is 2.52. The van der Waals surface area contributed by atoms with Gasteiger partial charge in [0.2, 0.25) is 0 Å². The molecule has 1 amide bonds. The van der Waals surface area contributed by atoms with Crippen LogP contribution in [0.3, 0.4) is 0 Å². The number of rotatable bonds is 1. The van der Waals surface area contributed by atoms with E-state index in [1.165, 1.54) is 12.1 Å². The molecule has 3 nitrogen and oxygen atoms in total. The van der Waals surface area contributed by atoms with Gasteiger partial charge >= 0.3 is 0 Å². The first-order chi connectivity index (χ1) is 9.56. The number of benzene rings is 2. The molecule has 0 unspecified atom stereocenters. The molecule has 2 N–H and O–H groups in total. The van der Waals surface area contributed by atoms with Gasteiger partial charge in [0.05, 0.1) is 11.4 Å². The van der Waals surface area contributed by atoms with Crippen LogP contribution in [-0.4, -0.2) is 12.5 Å². The number of nitrogens with two attached hydrogens (primary N) is 1. The molecule has 0 fully saturated rings. The average molecular weight is 335 g/mol. The summed E-state index contributed by atoms with van der Waals surface area (Å²) in [6, 6.07) is 9.78. The third-order valence-electron chi connectivity index (χ3n) is 3.38. The van der Waals surface area contributed by atoms with Gasteiger partial charge in [-0.3, -0.25) is 4.79 Å². The van der Waals surface area contributed by atoms with Crippen LogP contribution in [0, 0.1) is 5.82 Å². The van der Waals surface area contributed by atoms with Gasteiger partial charge in [0.25, 0.3) is 5.91 Å². The van der Waals surface area contributed by atoms with Crippen LogP contribution in [0.5, 0.6) is 0 Å². The van der Waals surface area contributed by atoms with E-state index in [0.717, 1.165) is 17.7 Å². The predicted molar refractivity (Wildman–Crippen MR) is 80.3 cm³/mol. The monoisotopic (exact) mass is 334 g/mol. The second kappa shape index (κ2) is 4.90. The van der Waals surface area contributed by atoms with Crippen molar-refractivity contribution in [3.63, 3.8) is 0 Å². The summed E-state index contributed by atoms with van der Waals surface area (Å²) in [6.45, 7) is 0.566. The van der Waals surface area contributed by atoms with Crippen molar-refractivity contribution >= 4 is 33.2 Å². The number of nitrogen functional groups attached to an aromatic ring is 1. The van der Waals surface area contributed by atoms with Gasteiger partial charge in [0, 0.05) is 16.6 Å². The van der Waals surface area contributed by atoms with E-state index in [-0.39, 0.29) is 5.91 Å². The minimum atomic E-state index is -0.442. The lowest BCUT2D eigenvalue weighted by Gasteiger charge is -2.19. The molecule has 0 bridgehead atoms. The Morgan fingerprint density at radius 3 is 2.85 bits per heavy atom. The number of para-hydroxylation sites is 1. The van der Waals surface area contributed by atoms with E-state index in [1.54, 1.807) is 17.0 Å². The van der Waals surface area contributed by atoms with E-state index in [9.17, 15) is 9.18 Å². The smallest absolute Gasteiger partial charge is 0.258 e. The molecule has 0 aliphatic carbocycles. The molecule has 1 aliphatic heterocycles. The molecule has 0 aromatic heterocycles. The van der Waals surface area contributed by atoms with E-state index in [4.69, 9.17) is 5.73 Å². The SMILES string of the molecule is Nc1cccc2c1N(C(=O)c1cc(F)cc(Br)c1)CC2.